The summed E-state index contributed by atoms with van der Waals surface area (Å²) in [6.45, 7) is 10.8. The molecule has 1 aromatic heterocycles. The summed E-state index contributed by atoms with van der Waals surface area (Å²) in [6.07, 6.45) is 4.01. The van der Waals surface area contributed by atoms with Gasteiger partial charge in [0.05, 0.1) is 0 Å². The Labute approximate surface area is 114 Å². The van der Waals surface area contributed by atoms with Gasteiger partial charge in [-0.3, -0.25) is 4.79 Å². The van der Waals surface area contributed by atoms with E-state index in [9.17, 15) is 4.79 Å². The summed E-state index contributed by atoms with van der Waals surface area (Å²) >= 11 is 0. The van der Waals surface area contributed by atoms with Gasteiger partial charge in [-0.15, -0.1) is 0 Å². The molecule has 0 amide bonds. The summed E-state index contributed by atoms with van der Waals surface area (Å²) in [5.41, 5.74) is -0.461. The van der Waals surface area contributed by atoms with Crippen molar-refractivity contribution < 1.29 is 5.11 Å². The number of anilines is 1. The van der Waals surface area contributed by atoms with Gasteiger partial charge < -0.3 is 15.0 Å². The molecule has 1 aromatic rings. The third-order valence-corrected chi connectivity index (χ3v) is 3.09. The SMILES string of the molecule is CC(C)(CCO)CNc1nccn(C(C)(C)C)c1=O. The molecule has 1 rings (SSSR count). The van der Waals surface area contributed by atoms with E-state index in [1.807, 2.05) is 34.6 Å². The molecule has 0 atom stereocenters. The van der Waals surface area contributed by atoms with Gasteiger partial charge >= 0.3 is 0 Å². The van der Waals surface area contributed by atoms with Crippen molar-refractivity contribution in [1.82, 2.24) is 9.55 Å². The smallest absolute Gasteiger partial charge is 0.293 e. The van der Waals surface area contributed by atoms with Crippen molar-refractivity contribution in [1.29, 1.82) is 0 Å². The highest BCUT2D eigenvalue weighted by Gasteiger charge is 2.20. The van der Waals surface area contributed by atoms with Gasteiger partial charge in [0, 0.05) is 31.1 Å². The molecule has 0 aromatic carbocycles. The highest BCUT2D eigenvalue weighted by molar-refractivity contribution is 5.31. The van der Waals surface area contributed by atoms with Crippen LogP contribution in [0.4, 0.5) is 5.82 Å². The van der Waals surface area contributed by atoms with Crippen molar-refractivity contribution in [2.75, 3.05) is 18.5 Å². The summed E-state index contributed by atoms with van der Waals surface area (Å²) in [7, 11) is 0. The minimum atomic E-state index is -0.267. The second-order valence-corrected chi connectivity index (χ2v) is 6.61. The lowest BCUT2D eigenvalue weighted by Crippen LogP contribution is -2.36. The van der Waals surface area contributed by atoms with Crippen LogP contribution in [0, 0.1) is 5.41 Å². The van der Waals surface area contributed by atoms with Crippen molar-refractivity contribution in [2.24, 2.45) is 5.41 Å². The van der Waals surface area contributed by atoms with Crippen LogP contribution in [0.3, 0.4) is 0 Å². The zero-order valence-corrected chi connectivity index (χ0v) is 12.5. The summed E-state index contributed by atoms with van der Waals surface area (Å²) < 4.78 is 1.67. The second kappa shape index (κ2) is 5.74. The highest BCUT2D eigenvalue weighted by Crippen LogP contribution is 2.19. The molecule has 0 fully saturated rings. The maximum Gasteiger partial charge on any atom is 0.293 e. The quantitative estimate of drug-likeness (QED) is 0.854. The molecule has 0 aliphatic carbocycles. The fourth-order valence-corrected chi connectivity index (χ4v) is 1.78. The molecule has 0 saturated carbocycles. The molecule has 1 heterocycles. The Morgan fingerprint density at radius 3 is 2.47 bits per heavy atom. The molecular formula is C14H25N3O2. The topological polar surface area (TPSA) is 67.2 Å². The third-order valence-electron chi connectivity index (χ3n) is 3.09. The van der Waals surface area contributed by atoms with Crippen LogP contribution in [0.1, 0.15) is 41.0 Å². The van der Waals surface area contributed by atoms with E-state index >= 15 is 0 Å². The van der Waals surface area contributed by atoms with Crippen LogP contribution in [0.15, 0.2) is 17.2 Å². The van der Waals surface area contributed by atoms with Crippen molar-refractivity contribution in [2.45, 2.75) is 46.6 Å². The maximum absolute atomic E-state index is 12.3. The first kappa shape index (κ1) is 15.7. The van der Waals surface area contributed by atoms with E-state index in [-0.39, 0.29) is 23.1 Å². The van der Waals surface area contributed by atoms with E-state index in [2.05, 4.69) is 10.3 Å². The molecule has 0 unspecified atom stereocenters. The second-order valence-electron chi connectivity index (χ2n) is 6.61. The highest BCUT2D eigenvalue weighted by atomic mass is 16.3. The van der Waals surface area contributed by atoms with Crippen LogP contribution in [-0.4, -0.2) is 27.8 Å². The molecule has 0 radical (unpaired) electrons. The molecule has 0 spiro atoms. The average molecular weight is 267 g/mol. The maximum atomic E-state index is 12.3. The molecule has 108 valence electrons. The molecule has 2 N–H and O–H groups in total. The minimum Gasteiger partial charge on any atom is -0.396 e. The summed E-state index contributed by atoms with van der Waals surface area (Å²) in [5.74, 6) is 0.364. The van der Waals surface area contributed by atoms with Crippen molar-refractivity contribution in [3.05, 3.63) is 22.7 Å². The van der Waals surface area contributed by atoms with E-state index in [0.29, 0.717) is 18.8 Å². The van der Waals surface area contributed by atoms with Crippen LogP contribution in [-0.2, 0) is 5.54 Å². The van der Waals surface area contributed by atoms with Crippen molar-refractivity contribution >= 4 is 5.82 Å². The van der Waals surface area contributed by atoms with Gasteiger partial charge in [0.15, 0.2) is 5.82 Å². The summed E-state index contributed by atoms with van der Waals surface area (Å²) in [6, 6.07) is 0. The van der Waals surface area contributed by atoms with Gasteiger partial charge in [-0.2, -0.15) is 0 Å². The van der Waals surface area contributed by atoms with E-state index in [0.717, 1.165) is 0 Å². The van der Waals surface area contributed by atoms with Crippen LogP contribution >= 0.6 is 0 Å². The number of nitrogens with one attached hydrogen (secondary N) is 1. The number of aliphatic hydroxyl groups excluding tert-OH is 1. The van der Waals surface area contributed by atoms with Gasteiger partial charge in [0.25, 0.3) is 5.56 Å². The third kappa shape index (κ3) is 4.35. The fourth-order valence-electron chi connectivity index (χ4n) is 1.78. The first-order chi connectivity index (χ1) is 8.67. The van der Waals surface area contributed by atoms with Crippen molar-refractivity contribution in [3.63, 3.8) is 0 Å². The number of aromatic nitrogens is 2. The van der Waals surface area contributed by atoms with Gasteiger partial charge in [-0.05, 0) is 32.6 Å². The van der Waals surface area contributed by atoms with Crippen LogP contribution in [0.5, 0.6) is 0 Å². The Bertz CT molecular complexity index is 472. The molecular weight excluding hydrogens is 242 g/mol. The molecule has 0 saturated heterocycles. The molecule has 0 aliphatic heterocycles. The first-order valence-corrected chi connectivity index (χ1v) is 6.60. The fraction of sp³-hybridized carbons (Fsp3) is 0.714. The lowest BCUT2D eigenvalue weighted by atomic mass is 9.90. The van der Waals surface area contributed by atoms with E-state index in [1.54, 1.807) is 17.0 Å². The lowest BCUT2D eigenvalue weighted by molar-refractivity contribution is 0.220. The molecule has 0 bridgehead atoms. The van der Waals surface area contributed by atoms with Crippen LogP contribution in [0.2, 0.25) is 0 Å². The minimum absolute atomic E-state index is 0.0781. The van der Waals surface area contributed by atoms with E-state index in [1.165, 1.54) is 0 Å². The monoisotopic (exact) mass is 267 g/mol. The summed E-state index contributed by atoms with van der Waals surface area (Å²) in [5, 5.41) is 12.1. The molecule has 5 heteroatoms. The zero-order valence-electron chi connectivity index (χ0n) is 12.5. The first-order valence-electron chi connectivity index (χ1n) is 6.60. The van der Waals surface area contributed by atoms with Gasteiger partial charge in [-0.25, -0.2) is 4.98 Å². The van der Waals surface area contributed by atoms with Gasteiger partial charge in [0.1, 0.15) is 0 Å². The number of hydrogen-bond acceptors (Lipinski definition) is 4. The average Bonchev–Trinajstić information content (AvgIpc) is 2.26. The Morgan fingerprint density at radius 2 is 1.95 bits per heavy atom. The summed E-state index contributed by atoms with van der Waals surface area (Å²) in [4.78, 5) is 16.4. The van der Waals surface area contributed by atoms with E-state index in [4.69, 9.17) is 5.11 Å². The number of aliphatic hydroxyl groups is 1. The molecule has 19 heavy (non-hydrogen) atoms. The normalized spacial score (nSPS) is 12.5. The Hall–Kier alpha value is -1.36. The zero-order chi connectivity index (χ0) is 14.7. The number of rotatable bonds is 5. The standard InChI is InChI=1S/C14H25N3O2/c1-13(2,3)17-8-7-15-11(12(17)19)16-10-14(4,5)6-9-18/h7-8,18H,6,9-10H2,1-5H3,(H,15,16). The predicted molar refractivity (Wildman–Crippen MR) is 77.5 cm³/mol. The van der Waals surface area contributed by atoms with Crippen molar-refractivity contribution in [3.8, 4) is 0 Å². The lowest BCUT2D eigenvalue weighted by Gasteiger charge is -2.25. The molecule has 5 nitrogen and oxygen atoms in total. The van der Waals surface area contributed by atoms with Gasteiger partial charge in [0.2, 0.25) is 0 Å². The van der Waals surface area contributed by atoms with E-state index < -0.39 is 0 Å². The van der Waals surface area contributed by atoms with Crippen LogP contribution < -0.4 is 10.9 Å². The predicted octanol–water partition coefficient (Wildman–Crippen LogP) is 1.82. The molecule has 0 aliphatic rings. The number of hydrogen-bond donors (Lipinski definition) is 2. The Morgan fingerprint density at radius 1 is 1.32 bits per heavy atom. The Kier molecular flexibility index (Phi) is 4.74. The number of nitrogens with zero attached hydrogens (tertiary/aromatic N) is 2. The Balaban J connectivity index is 2.90. The largest absolute Gasteiger partial charge is 0.396 e. The van der Waals surface area contributed by atoms with Crippen LogP contribution in [0.25, 0.3) is 0 Å². The van der Waals surface area contributed by atoms with Gasteiger partial charge in [-0.1, -0.05) is 13.8 Å².